The van der Waals surface area contributed by atoms with Gasteiger partial charge in [-0.25, -0.2) is 8.42 Å². The van der Waals surface area contributed by atoms with Gasteiger partial charge in [-0.15, -0.1) is 0 Å². The number of rotatable bonds is 4. The molecule has 0 spiro atoms. The molecule has 3 heterocycles. The number of carbonyl (C=O) groups excluding carboxylic acids is 1. The van der Waals surface area contributed by atoms with Crippen molar-refractivity contribution in [2.24, 2.45) is 5.92 Å². The number of carbonyl (C=O) groups is 1. The number of nitrogens with zero attached hydrogens (tertiary/aromatic N) is 3. The summed E-state index contributed by atoms with van der Waals surface area (Å²) in [6.07, 6.45) is 8.29. The maximum Gasteiger partial charge on any atom is 0.243 e. The van der Waals surface area contributed by atoms with Gasteiger partial charge in [0.25, 0.3) is 0 Å². The van der Waals surface area contributed by atoms with Gasteiger partial charge in [-0.3, -0.25) is 14.7 Å². The second-order valence-corrected chi connectivity index (χ2v) is 10.6. The number of hydrogen-bond acceptors (Lipinski definition) is 5. The first kappa shape index (κ1) is 22.9. The monoisotopic (exact) mass is 456 g/mol. The Morgan fingerprint density at radius 2 is 1.72 bits per heavy atom. The summed E-state index contributed by atoms with van der Waals surface area (Å²) in [4.78, 5) is 19.8. The van der Waals surface area contributed by atoms with Gasteiger partial charge in [0.15, 0.2) is 0 Å². The summed E-state index contributed by atoms with van der Waals surface area (Å²) in [7, 11) is -3.61. The van der Waals surface area contributed by atoms with Crippen LogP contribution in [0, 0.1) is 5.92 Å². The Morgan fingerprint density at radius 3 is 2.50 bits per heavy atom. The number of sulfonamides is 1. The molecule has 2 fully saturated rings. The maximum atomic E-state index is 13.3. The molecule has 172 valence electrons. The molecule has 0 saturated carbocycles. The number of pyridine rings is 1. The van der Waals surface area contributed by atoms with Crippen LogP contribution < -0.4 is 5.32 Å². The summed E-state index contributed by atoms with van der Waals surface area (Å²) in [5.41, 5.74) is 1.12. The standard InChI is InChI=1S/C24H32N4O3S/c29-24-22-12-17-28(32(30,31)21-8-4-3-5-9-21)19-23(22)27(16-7-2-1-6-13-26-24)18-20-10-14-25-15-11-20/h3-5,8-11,14-15,22-23H,1-2,6-7,12-13,16-19H2,(H,26,29)/t22-,23+/m0/s1. The van der Waals surface area contributed by atoms with Crippen molar-refractivity contribution in [1.29, 1.82) is 0 Å². The van der Waals surface area contributed by atoms with Gasteiger partial charge in [0.05, 0.1) is 10.8 Å². The van der Waals surface area contributed by atoms with Crippen LogP contribution in [0.3, 0.4) is 0 Å². The van der Waals surface area contributed by atoms with Crippen molar-refractivity contribution >= 4 is 15.9 Å². The van der Waals surface area contributed by atoms with E-state index >= 15 is 0 Å². The van der Waals surface area contributed by atoms with Gasteiger partial charge in [0, 0.05) is 44.6 Å². The summed E-state index contributed by atoms with van der Waals surface area (Å²) in [5, 5.41) is 3.11. The molecule has 0 radical (unpaired) electrons. The summed E-state index contributed by atoms with van der Waals surface area (Å²) < 4.78 is 28.2. The van der Waals surface area contributed by atoms with Gasteiger partial charge >= 0.3 is 0 Å². The Kier molecular flexibility index (Phi) is 7.55. The van der Waals surface area contributed by atoms with E-state index in [2.05, 4.69) is 15.2 Å². The number of aromatic nitrogens is 1. The first-order valence-corrected chi connectivity index (χ1v) is 13.0. The molecule has 7 nitrogen and oxygen atoms in total. The Hall–Kier alpha value is -2.29. The molecule has 1 amide bonds. The highest BCUT2D eigenvalue weighted by molar-refractivity contribution is 7.89. The molecule has 2 aliphatic rings. The van der Waals surface area contributed by atoms with Crippen LogP contribution in [-0.2, 0) is 21.4 Å². The Bertz CT molecular complexity index is 985. The zero-order chi connectivity index (χ0) is 22.4. The van der Waals surface area contributed by atoms with Crippen LogP contribution in [-0.4, -0.2) is 60.7 Å². The zero-order valence-corrected chi connectivity index (χ0v) is 19.2. The van der Waals surface area contributed by atoms with Crippen LogP contribution in [0.5, 0.6) is 0 Å². The van der Waals surface area contributed by atoms with Crippen molar-refractivity contribution in [2.45, 2.75) is 49.6 Å². The van der Waals surface area contributed by atoms with Gasteiger partial charge < -0.3 is 5.32 Å². The molecule has 1 aromatic heterocycles. The summed E-state index contributed by atoms with van der Waals surface area (Å²) >= 11 is 0. The fourth-order valence-electron chi connectivity index (χ4n) is 4.76. The Balaban J connectivity index is 1.63. The minimum atomic E-state index is -3.61. The minimum Gasteiger partial charge on any atom is -0.356 e. The lowest BCUT2D eigenvalue weighted by Crippen LogP contribution is -2.57. The second kappa shape index (κ2) is 10.6. The number of fused-ring (bicyclic) bond motifs is 1. The van der Waals surface area contributed by atoms with Crippen LogP contribution in [0.15, 0.2) is 59.8 Å². The molecule has 1 aromatic carbocycles. The van der Waals surface area contributed by atoms with E-state index in [1.54, 1.807) is 41.0 Å². The maximum absolute atomic E-state index is 13.3. The quantitative estimate of drug-likeness (QED) is 0.765. The number of piperidine rings is 1. The highest BCUT2D eigenvalue weighted by Gasteiger charge is 2.41. The molecule has 2 aromatic rings. The smallest absolute Gasteiger partial charge is 0.243 e. The van der Waals surface area contributed by atoms with Crippen molar-refractivity contribution in [3.8, 4) is 0 Å². The van der Waals surface area contributed by atoms with E-state index in [9.17, 15) is 13.2 Å². The fraction of sp³-hybridized carbons (Fsp3) is 0.500. The molecule has 4 rings (SSSR count). The number of nitrogens with one attached hydrogen (secondary N) is 1. The molecule has 2 aliphatic heterocycles. The number of hydrogen-bond donors (Lipinski definition) is 1. The fourth-order valence-corrected chi connectivity index (χ4v) is 6.25. The van der Waals surface area contributed by atoms with Crippen molar-refractivity contribution in [3.05, 3.63) is 60.4 Å². The van der Waals surface area contributed by atoms with Crippen molar-refractivity contribution in [3.63, 3.8) is 0 Å². The Labute approximate surface area is 190 Å². The molecule has 32 heavy (non-hydrogen) atoms. The highest BCUT2D eigenvalue weighted by Crippen LogP contribution is 2.29. The van der Waals surface area contributed by atoms with Crippen molar-refractivity contribution in [2.75, 3.05) is 26.2 Å². The van der Waals surface area contributed by atoms with Gasteiger partial charge in [-0.05, 0) is 55.6 Å². The van der Waals surface area contributed by atoms with Crippen LogP contribution in [0.1, 0.15) is 37.7 Å². The molecule has 2 saturated heterocycles. The summed E-state index contributed by atoms with van der Waals surface area (Å²) in [6.45, 7) is 2.89. The zero-order valence-electron chi connectivity index (χ0n) is 18.4. The third-order valence-electron chi connectivity index (χ3n) is 6.54. The third-order valence-corrected chi connectivity index (χ3v) is 8.42. The van der Waals surface area contributed by atoms with E-state index in [4.69, 9.17) is 0 Å². The molecular formula is C24H32N4O3S. The molecule has 0 aliphatic carbocycles. The predicted molar refractivity (Wildman–Crippen MR) is 123 cm³/mol. The highest BCUT2D eigenvalue weighted by atomic mass is 32.2. The lowest BCUT2D eigenvalue weighted by Gasteiger charge is -2.43. The topological polar surface area (TPSA) is 82.6 Å². The number of amides is 1. The van der Waals surface area contributed by atoms with E-state index in [1.807, 2.05) is 18.2 Å². The normalized spacial score (nSPS) is 24.2. The van der Waals surface area contributed by atoms with E-state index in [-0.39, 0.29) is 17.9 Å². The van der Waals surface area contributed by atoms with Gasteiger partial charge in [-0.1, -0.05) is 31.0 Å². The predicted octanol–water partition coefficient (Wildman–Crippen LogP) is 2.65. The van der Waals surface area contributed by atoms with E-state index in [1.165, 1.54) is 0 Å². The lowest BCUT2D eigenvalue weighted by atomic mass is 9.90. The van der Waals surface area contributed by atoms with Crippen LogP contribution in [0.2, 0.25) is 0 Å². The molecule has 0 unspecified atom stereocenters. The van der Waals surface area contributed by atoms with E-state index in [0.717, 1.165) is 37.8 Å². The molecular weight excluding hydrogens is 424 g/mol. The molecule has 0 bridgehead atoms. The first-order valence-electron chi connectivity index (χ1n) is 11.5. The van der Waals surface area contributed by atoms with Crippen LogP contribution >= 0.6 is 0 Å². The van der Waals surface area contributed by atoms with E-state index in [0.29, 0.717) is 37.5 Å². The molecule has 2 atom stereocenters. The summed E-state index contributed by atoms with van der Waals surface area (Å²) in [6, 6.07) is 12.4. The van der Waals surface area contributed by atoms with Crippen molar-refractivity contribution in [1.82, 2.24) is 19.5 Å². The summed E-state index contributed by atoms with van der Waals surface area (Å²) in [5.74, 6) is -0.175. The van der Waals surface area contributed by atoms with Crippen LogP contribution in [0.25, 0.3) is 0 Å². The first-order chi connectivity index (χ1) is 15.6. The third kappa shape index (κ3) is 5.36. The SMILES string of the molecule is O=C1NCCCCCCN(Cc2ccncc2)[C@@H]2CN(S(=O)(=O)c3ccccc3)CC[C@H]12. The van der Waals surface area contributed by atoms with Gasteiger partial charge in [0.2, 0.25) is 15.9 Å². The second-order valence-electron chi connectivity index (χ2n) is 8.67. The number of benzene rings is 1. The van der Waals surface area contributed by atoms with E-state index < -0.39 is 10.0 Å². The van der Waals surface area contributed by atoms with Gasteiger partial charge in [-0.2, -0.15) is 4.31 Å². The van der Waals surface area contributed by atoms with Gasteiger partial charge in [0.1, 0.15) is 0 Å². The molecule has 8 heteroatoms. The Morgan fingerprint density at radius 1 is 0.969 bits per heavy atom. The van der Waals surface area contributed by atoms with Crippen LogP contribution in [0.4, 0.5) is 0 Å². The average Bonchev–Trinajstić information content (AvgIpc) is 2.86. The lowest BCUT2D eigenvalue weighted by molar-refractivity contribution is -0.129. The average molecular weight is 457 g/mol. The minimum absolute atomic E-state index is 0.0494. The van der Waals surface area contributed by atoms with Crippen molar-refractivity contribution < 1.29 is 13.2 Å². The largest absolute Gasteiger partial charge is 0.356 e. The molecule has 1 N–H and O–H groups in total.